The minimum absolute atomic E-state index is 0. The molecule has 0 nitrogen and oxygen atoms in total. The minimum atomic E-state index is 0. The fourth-order valence-corrected chi connectivity index (χ4v) is 0. The molecule has 4 heavy (non-hydrogen) atoms. The largest absolute Gasteiger partial charge is 0 e. The van der Waals surface area contributed by atoms with E-state index in [9.17, 15) is 0 Å². The summed E-state index contributed by atoms with van der Waals surface area (Å²) in [6, 6.07) is 0. The summed E-state index contributed by atoms with van der Waals surface area (Å²) < 4.78 is 0. The Morgan fingerprint density at radius 2 is 0.500 bits per heavy atom. The summed E-state index contributed by atoms with van der Waals surface area (Å²) in [5, 5.41) is 0. The van der Waals surface area contributed by atoms with Crippen LogP contribution in [-0.4, -0.2) is 0 Å². The summed E-state index contributed by atoms with van der Waals surface area (Å²) in [4.78, 5) is 0. The fraction of sp³-hybridized carbons (Fsp3) is 0. The van der Waals surface area contributed by atoms with Crippen molar-refractivity contribution in [3.8, 4) is 0 Å². The van der Waals surface area contributed by atoms with Gasteiger partial charge in [0, 0.05) is 83.0 Å². The average molecular weight is 266 g/mol. The monoisotopic (exact) mass is 266 g/mol. The van der Waals surface area contributed by atoms with Crippen molar-refractivity contribution in [1.82, 2.24) is 0 Å². The van der Waals surface area contributed by atoms with Crippen molar-refractivity contribution in [2.45, 2.75) is 0 Å². The Hall–Kier alpha value is 2.62. The van der Waals surface area contributed by atoms with Gasteiger partial charge in [-0.15, -0.1) is 0 Å². The molecule has 4 heteroatoms. The van der Waals surface area contributed by atoms with Gasteiger partial charge in [-0.2, -0.15) is 0 Å². The second kappa shape index (κ2) is 17.5. The van der Waals surface area contributed by atoms with Crippen LogP contribution >= 0.6 is 0 Å². The molecule has 4 radical (unpaired) electrons. The van der Waals surface area contributed by atoms with Crippen molar-refractivity contribution in [1.29, 1.82) is 0 Å². The maximum atomic E-state index is 0. The first-order valence-electron chi connectivity index (χ1n) is 0. The van der Waals surface area contributed by atoms with E-state index in [1.807, 2.05) is 0 Å². The van der Waals surface area contributed by atoms with Crippen LogP contribution in [0.5, 0.6) is 0 Å². The van der Waals surface area contributed by atoms with E-state index in [0.717, 1.165) is 0 Å². The quantitative estimate of drug-likeness (QED) is 0.578. The number of hydrogen-bond acceptors (Lipinski definition) is 0. The molecule has 0 heterocycles. The van der Waals surface area contributed by atoms with Gasteiger partial charge in [0.25, 0.3) is 0 Å². The van der Waals surface area contributed by atoms with Crippen molar-refractivity contribution in [2.24, 2.45) is 0 Å². The molecule has 0 bridgehead atoms. The first-order chi connectivity index (χ1) is 0. The van der Waals surface area contributed by atoms with Gasteiger partial charge in [-0.3, -0.25) is 0 Å². The summed E-state index contributed by atoms with van der Waals surface area (Å²) in [5.74, 6) is 0. The average Bonchev–Trinajstić information content (AvgIpc) is 0. The van der Waals surface area contributed by atoms with Crippen LogP contribution in [0.3, 0.4) is 0 Å². The van der Waals surface area contributed by atoms with Crippen LogP contribution in [0.2, 0.25) is 0 Å². The SMILES string of the molecule is [Co].[Co].[Co].[Y]. The molecule has 0 aromatic carbocycles. The maximum absolute atomic E-state index is 0. The molecule has 0 fully saturated rings. The molecule has 0 aromatic heterocycles. The third kappa shape index (κ3) is 8.82. The van der Waals surface area contributed by atoms with Crippen molar-refractivity contribution in [3.05, 3.63) is 0 Å². The van der Waals surface area contributed by atoms with E-state index in [1.54, 1.807) is 0 Å². The number of hydrogen-bond donors (Lipinski definition) is 0. The van der Waals surface area contributed by atoms with Crippen molar-refractivity contribution < 1.29 is 83.0 Å². The Labute approximate surface area is 81.7 Å². The molecule has 0 saturated carbocycles. The third-order valence-electron chi connectivity index (χ3n) is 0. The molecule has 0 amide bonds. The van der Waals surface area contributed by atoms with E-state index in [4.69, 9.17) is 0 Å². The summed E-state index contributed by atoms with van der Waals surface area (Å²) in [6.07, 6.45) is 0. The van der Waals surface area contributed by atoms with Crippen LogP contribution in [0.25, 0.3) is 0 Å². The van der Waals surface area contributed by atoms with Crippen LogP contribution in [0.4, 0.5) is 0 Å². The molecule has 0 aromatic rings. The zero-order chi connectivity index (χ0) is 0. The molecule has 0 aliphatic heterocycles. The van der Waals surface area contributed by atoms with Crippen LogP contribution in [0, 0.1) is 0 Å². The van der Waals surface area contributed by atoms with Gasteiger partial charge >= 0.3 is 0 Å². The number of rotatable bonds is 0. The van der Waals surface area contributed by atoms with Crippen molar-refractivity contribution >= 4 is 0 Å². The molecule has 0 unspecified atom stereocenters. The van der Waals surface area contributed by atoms with Crippen LogP contribution in [0.15, 0.2) is 0 Å². The predicted octanol–water partition coefficient (Wildman–Crippen LogP) is -0.0100. The fourth-order valence-electron chi connectivity index (χ4n) is 0. The first-order valence-corrected chi connectivity index (χ1v) is 0. The standard InChI is InChI=1S/3Co.Y. The molecular weight excluding hydrogens is 266 g/mol. The normalized spacial score (nSPS) is 0. The Morgan fingerprint density at radius 3 is 0.500 bits per heavy atom. The molecule has 0 aliphatic carbocycles. The summed E-state index contributed by atoms with van der Waals surface area (Å²) in [6.45, 7) is 0. The van der Waals surface area contributed by atoms with Crippen LogP contribution in [-0.2, 0) is 83.0 Å². The Balaban J connectivity index is 0. The first kappa shape index (κ1) is 30.4. The molecule has 0 aliphatic rings. The molecule has 0 rings (SSSR count). The van der Waals surface area contributed by atoms with E-state index < -0.39 is 0 Å². The van der Waals surface area contributed by atoms with Crippen LogP contribution < -0.4 is 0 Å². The van der Waals surface area contributed by atoms with Gasteiger partial charge in [0.15, 0.2) is 0 Å². The van der Waals surface area contributed by atoms with Gasteiger partial charge in [0.05, 0.1) is 0 Å². The van der Waals surface area contributed by atoms with E-state index >= 15 is 0 Å². The van der Waals surface area contributed by atoms with E-state index in [2.05, 4.69) is 0 Å². The Kier molecular flexibility index (Phi) is 133. The molecule has 0 saturated heterocycles. The van der Waals surface area contributed by atoms with E-state index in [-0.39, 0.29) is 83.0 Å². The summed E-state index contributed by atoms with van der Waals surface area (Å²) >= 11 is 0. The van der Waals surface area contributed by atoms with Gasteiger partial charge < -0.3 is 0 Å². The van der Waals surface area contributed by atoms with Crippen molar-refractivity contribution in [2.75, 3.05) is 0 Å². The molecular formula is Co3Y. The van der Waals surface area contributed by atoms with Crippen LogP contribution in [0.1, 0.15) is 0 Å². The van der Waals surface area contributed by atoms with Crippen molar-refractivity contribution in [3.63, 3.8) is 0 Å². The summed E-state index contributed by atoms with van der Waals surface area (Å²) in [7, 11) is 0. The maximum Gasteiger partial charge on any atom is 0 e. The summed E-state index contributed by atoms with van der Waals surface area (Å²) in [5.41, 5.74) is 0. The molecule has 0 N–H and O–H groups in total. The minimum Gasteiger partial charge on any atom is 0 e. The molecule has 0 atom stereocenters. The molecule has 30 valence electrons. The zero-order valence-electron chi connectivity index (χ0n) is 1.58. The van der Waals surface area contributed by atoms with Gasteiger partial charge in [-0.25, -0.2) is 0 Å². The van der Waals surface area contributed by atoms with Gasteiger partial charge in [0.2, 0.25) is 0 Å². The third-order valence-corrected chi connectivity index (χ3v) is 0. The van der Waals surface area contributed by atoms with Gasteiger partial charge in [-0.05, 0) is 0 Å². The predicted molar refractivity (Wildman–Crippen MR) is 0 cm³/mol. The van der Waals surface area contributed by atoms with E-state index in [1.165, 1.54) is 0 Å². The van der Waals surface area contributed by atoms with E-state index in [0.29, 0.717) is 0 Å². The molecule has 0 spiro atoms. The Bertz CT molecular complexity index is 3.25. The smallest absolute Gasteiger partial charge is 0 e. The second-order valence-corrected chi connectivity index (χ2v) is 0. The topological polar surface area (TPSA) is 0 Å². The second-order valence-electron chi connectivity index (χ2n) is 0. The Morgan fingerprint density at radius 1 is 0.500 bits per heavy atom. The zero-order valence-corrected chi connectivity index (χ0v) is 7.54. The van der Waals surface area contributed by atoms with Gasteiger partial charge in [-0.1, -0.05) is 0 Å². The van der Waals surface area contributed by atoms with Gasteiger partial charge in [0.1, 0.15) is 0 Å².